The van der Waals surface area contributed by atoms with E-state index in [-0.39, 0.29) is 10.8 Å². The Morgan fingerprint density at radius 1 is 1.22 bits per heavy atom. The van der Waals surface area contributed by atoms with Crippen LogP contribution in [0.15, 0.2) is 40.8 Å². The van der Waals surface area contributed by atoms with E-state index >= 15 is 0 Å². The summed E-state index contributed by atoms with van der Waals surface area (Å²) in [5.74, 6) is 0.405. The van der Waals surface area contributed by atoms with Gasteiger partial charge in [0.25, 0.3) is 0 Å². The lowest BCUT2D eigenvalue weighted by Crippen LogP contribution is -2.46. The summed E-state index contributed by atoms with van der Waals surface area (Å²) in [6.07, 6.45) is 9.07. The Morgan fingerprint density at radius 3 is 2.67 bits per heavy atom. The topological polar surface area (TPSA) is 75.7 Å². The number of hydrogen-bond acceptors (Lipinski definition) is 4. The minimum Gasteiger partial charge on any atom is -0.497 e. The van der Waals surface area contributed by atoms with Gasteiger partial charge in [-0.3, -0.25) is 4.79 Å². The van der Waals surface area contributed by atoms with Gasteiger partial charge in [-0.05, 0) is 69.2 Å². The highest BCUT2D eigenvalue weighted by atomic mass is 32.2. The molecule has 27 heavy (non-hydrogen) atoms. The largest absolute Gasteiger partial charge is 0.497 e. The van der Waals surface area contributed by atoms with Gasteiger partial charge in [-0.25, -0.2) is 8.42 Å². The maximum absolute atomic E-state index is 13.0. The summed E-state index contributed by atoms with van der Waals surface area (Å²) in [5, 5.41) is 2.94. The van der Waals surface area contributed by atoms with Crippen molar-refractivity contribution in [1.29, 1.82) is 0 Å². The Labute approximate surface area is 161 Å². The fourth-order valence-electron chi connectivity index (χ4n) is 3.77. The van der Waals surface area contributed by atoms with Gasteiger partial charge in [0.15, 0.2) is 0 Å². The standard InChI is InChI=1S/C20H28N2O4S/c1-26-17-9-11-18(12-10-17)27(24,25)22-15-5-8-19(22)20(23)21-14-13-16-6-3-2-4-7-16/h6,9-12,19H,2-5,7-8,13-15H2,1H3,(H,21,23)/t19-/m0/s1. The molecule has 2 aliphatic rings. The average Bonchev–Trinajstić information content (AvgIpc) is 3.20. The van der Waals surface area contributed by atoms with Crippen LogP contribution in [-0.2, 0) is 14.8 Å². The maximum Gasteiger partial charge on any atom is 0.243 e. The van der Waals surface area contributed by atoms with Crippen LogP contribution in [0.5, 0.6) is 5.75 Å². The van der Waals surface area contributed by atoms with E-state index in [1.165, 1.54) is 42.0 Å². The van der Waals surface area contributed by atoms with Crippen LogP contribution >= 0.6 is 0 Å². The van der Waals surface area contributed by atoms with E-state index < -0.39 is 16.1 Å². The van der Waals surface area contributed by atoms with Crippen molar-refractivity contribution < 1.29 is 17.9 Å². The maximum atomic E-state index is 13.0. The molecule has 0 bridgehead atoms. The Bertz CT molecular complexity index is 787. The number of rotatable bonds is 7. The molecule has 6 nitrogen and oxygen atoms in total. The van der Waals surface area contributed by atoms with Crippen LogP contribution in [0, 0.1) is 0 Å². The molecule has 1 atom stereocenters. The zero-order valence-corrected chi connectivity index (χ0v) is 16.6. The van der Waals surface area contributed by atoms with Crippen LogP contribution in [0.4, 0.5) is 0 Å². The fourth-order valence-corrected chi connectivity index (χ4v) is 5.43. The SMILES string of the molecule is COc1ccc(S(=O)(=O)N2CCC[C@H]2C(=O)NCCC2=CCCCC2)cc1. The van der Waals surface area contributed by atoms with E-state index in [1.54, 1.807) is 12.1 Å². The van der Waals surface area contributed by atoms with Gasteiger partial charge >= 0.3 is 0 Å². The molecule has 0 saturated carbocycles. The third-order valence-electron chi connectivity index (χ3n) is 5.30. The minimum absolute atomic E-state index is 0.190. The zero-order valence-electron chi connectivity index (χ0n) is 15.8. The van der Waals surface area contributed by atoms with Crippen LogP contribution in [0.2, 0.25) is 0 Å². The van der Waals surface area contributed by atoms with Crippen LogP contribution in [0.3, 0.4) is 0 Å². The monoisotopic (exact) mass is 392 g/mol. The smallest absolute Gasteiger partial charge is 0.243 e. The highest BCUT2D eigenvalue weighted by Gasteiger charge is 2.39. The number of carbonyl (C=O) groups excluding carboxylic acids is 1. The second-order valence-corrected chi connectivity index (χ2v) is 8.99. The number of benzene rings is 1. The molecule has 1 aliphatic heterocycles. The van der Waals surface area contributed by atoms with Crippen LogP contribution in [0.1, 0.15) is 44.9 Å². The molecule has 1 aromatic carbocycles. The number of nitrogens with one attached hydrogen (secondary N) is 1. The van der Waals surface area contributed by atoms with Crippen molar-refractivity contribution in [3.63, 3.8) is 0 Å². The van der Waals surface area contributed by atoms with Gasteiger partial charge < -0.3 is 10.1 Å². The first-order valence-corrected chi connectivity index (χ1v) is 11.1. The van der Waals surface area contributed by atoms with E-state index in [1.807, 2.05) is 0 Å². The Hall–Kier alpha value is -1.86. The van der Waals surface area contributed by atoms with E-state index in [4.69, 9.17) is 4.74 Å². The van der Waals surface area contributed by atoms with Crippen molar-refractivity contribution in [2.24, 2.45) is 0 Å². The van der Waals surface area contributed by atoms with Gasteiger partial charge in [-0.2, -0.15) is 4.31 Å². The Kier molecular flexibility index (Phi) is 6.55. The first kappa shape index (κ1) is 19.9. The summed E-state index contributed by atoms with van der Waals surface area (Å²) in [7, 11) is -2.16. The molecule has 1 aromatic rings. The summed E-state index contributed by atoms with van der Waals surface area (Å²) in [5.41, 5.74) is 1.40. The number of carbonyl (C=O) groups is 1. The van der Waals surface area contributed by atoms with Gasteiger partial charge in [-0.1, -0.05) is 11.6 Å². The van der Waals surface area contributed by atoms with E-state index in [2.05, 4.69) is 11.4 Å². The number of amides is 1. The molecule has 1 saturated heterocycles. The average molecular weight is 393 g/mol. The second-order valence-electron chi connectivity index (χ2n) is 7.10. The lowest BCUT2D eigenvalue weighted by Gasteiger charge is -2.23. The predicted molar refractivity (Wildman–Crippen MR) is 104 cm³/mol. The van der Waals surface area contributed by atoms with Crippen molar-refractivity contribution in [1.82, 2.24) is 9.62 Å². The third kappa shape index (κ3) is 4.71. The third-order valence-corrected chi connectivity index (χ3v) is 7.23. The van der Waals surface area contributed by atoms with Gasteiger partial charge in [0.05, 0.1) is 12.0 Å². The van der Waals surface area contributed by atoms with Crippen molar-refractivity contribution >= 4 is 15.9 Å². The second kappa shape index (κ2) is 8.89. The molecule has 148 valence electrons. The quantitative estimate of drug-likeness (QED) is 0.724. The molecule has 1 amide bonds. The normalized spacial score (nSPS) is 20.9. The minimum atomic E-state index is -3.70. The van der Waals surface area contributed by atoms with Crippen molar-refractivity contribution in [3.05, 3.63) is 35.9 Å². The van der Waals surface area contributed by atoms with Gasteiger partial charge in [0.2, 0.25) is 15.9 Å². The van der Waals surface area contributed by atoms with E-state index in [0.717, 1.165) is 19.3 Å². The summed E-state index contributed by atoms with van der Waals surface area (Å²) in [6.45, 7) is 0.940. The number of hydrogen-bond donors (Lipinski definition) is 1. The van der Waals surface area contributed by atoms with Crippen molar-refractivity contribution in [2.45, 2.75) is 55.9 Å². The summed E-state index contributed by atoms with van der Waals surface area (Å²) < 4.78 is 32.4. The fraction of sp³-hybridized carbons (Fsp3) is 0.550. The number of methoxy groups -OCH3 is 1. The van der Waals surface area contributed by atoms with Crippen molar-refractivity contribution in [3.8, 4) is 5.75 Å². The highest BCUT2D eigenvalue weighted by Crippen LogP contribution is 2.27. The van der Waals surface area contributed by atoms with Crippen LogP contribution in [-0.4, -0.2) is 44.9 Å². The number of sulfonamides is 1. The van der Waals surface area contributed by atoms with Gasteiger partial charge in [0.1, 0.15) is 11.8 Å². The number of nitrogens with zero attached hydrogens (tertiary/aromatic N) is 1. The first-order valence-electron chi connectivity index (χ1n) is 9.64. The molecular formula is C20H28N2O4S. The molecular weight excluding hydrogens is 364 g/mol. The first-order chi connectivity index (χ1) is 13.0. The lowest BCUT2D eigenvalue weighted by atomic mass is 9.97. The zero-order chi connectivity index (χ0) is 19.3. The van der Waals surface area contributed by atoms with E-state index in [9.17, 15) is 13.2 Å². The summed E-state index contributed by atoms with van der Waals surface area (Å²) in [4.78, 5) is 12.8. The molecule has 1 N–H and O–H groups in total. The molecule has 0 unspecified atom stereocenters. The Balaban J connectivity index is 1.62. The molecule has 3 rings (SSSR count). The summed E-state index contributed by atoms with van der Waals surface area (Å²) in [6, 6.07) is 5.66. The van der Waals surface area contributed by atoms with E-state index in [0.29, 0.717) is 31.7 Å². The Morgan fingerprint density at radius 2 is 2.00 bits per heavy atom. The summed E-state index contributed by atoms with van der Waals surface area (Å²) >= 11 is 0. The highest BCUT2D eigenvalue weighted by molar-refractivity contribution is 7.89. The van der Waals surface area contributed by atoms with Crippen LogP contribution in [0.25, 0.3) is 0 Å². The molecule has 1 heterocycles. The lowest BCUT2D eigenvalue weighted by molar-refractivity contribution is -0.124. The molecule has 1 fully saturated rings. The molecule has 1 aliphatic carbocycles. The van der Waals surface area contributed by atoms with Gasteiger partial charge in [0, 0.05) is 13.1 Å². The molecule has 7 heteroatoms. The molecule has 0 aromatic heterocycles. The number of allylic oxidation sites excluding steroid dienone is 1. The van der Waals surface area contributed by atoms with Crippen LogP contribution < -0.4 is 10.1 Å². The van der Waals surface area contributed by atoms with Gasteiger partial charge in [-0.15, -0.1) is 0 Å². The predicted octanol–water partition coefficient (Wildman–Crippen LogP) is 2.86. The number of ether oxygens (including phenoxy) is 1. The van der Waals surface area contributed by atoms with Crippen molar-refractivity contribution in [2.75, 3.05) is 20.2 Å². The molecule has 0 radical (unpaired) electrons. The molecule has 0 spiro atoms.